The highest BCUT2D eigenvalue weighted by atomic mass is 16.5. The molecule has 0 N–H and O–H groups in total. The monoisotopic (exact) mass is 400 g/mol. The topological polar surface area (TPSA) is 43.4 Å². The van der Waals surface area contributed by atoms with Gasteiger partial charge in [0.25, 0.3) is 0 Å². The van der Waals surface area contributed by atoms with Crippen molar-refractivity contribution in [2.45, 2.75) is 26.7 Å². The number of esters is 1. The van der Waals surface area contributed by atoms with E-state index in [1.165, 1.54) is 11.6 Å². The predicted octanol–water partition coefficient (Wildman–Crippen LogP) is 6.30. The molecule has 0 bridgehead atoms. The normalized spacial score (nSPS) is 10.4. The van der Waals surface area contributed by atoms with Crippen LogP contribution in [0, 0.1) is 0 Å². The SMILES string of the molecule is CCOC(=O)C=Cc1ccc(C(C)C)cc1.O=C(c1ccccc1)c1ccccc1. The summed E-state index contributed by atoms with van der Waals surface area (Å²) < 4.78 is 4.80. The van der Waals surface area contributed by atoms with Crippen LogP contribution < -0.4 is 0 Å². The Morgan fingerprint density at radius 3 is 1.73 bits per heavy atom. The third kappa shape index (κ3) is 7.51. The van der Waals surface area contributed by atoms with Crippen LogP contribution in [0.4, 0.5) is 0 Å². The Balaban J connectivity index is 0.000000215. The molecule has 3 aromatic rings. The van der Waals surface area contributed by atoms with Crippen LogP contribution in [0.15, 0.2) is 91.0 Å². The first-order valence-corrected chi connectivity index (χ1v) is 10.1. The molecule has 3 heteroatoms. The van der Waals surface area contributed by atoms with Gasteiger partial charge in [0.05, 0.1) is 6.61 Å². The molecule has 0 radical (unpaired) electrons. The summed E-state index contributed by atoms with van der Waals surface area (Å²) >= 11 is 0. The number of rotatable bonds is 6. The fourth-order valence-electron chi connectivity index (χ4n) is 2.69. The molecule has 0 aliphatic rings. The molecular formula is C27H28O3. The minimum atomic E-state index is -0.296. The molecule has 0 fully saturated rings. The molecule has 3 rings (SSSR count). The maximum atomic E-state index is 11.8. The van der Waals surface area contributed by atoms with Crippen LogP contribution in [0.5, 0.6) is 0 Å². The van der Waals surface area contributed by atoms with Gasteiger partial charge in [-0.3, -0.25) is 4.79 Å². The fourth-order valence-corrected chi connectivity index (χ4v) is 2.69. The van der Waals surface area contributed by atoms with Gasteiger partial charge in [-0.1, -0.05) is 98.8 Å². The lowest BCUT2D eigenvalue weighted by Gasteiger charge is -2.04. The van der Waals surface area contributed by atoms with Crippen LogP contribution in [-0.4, -0.2) is 18.4 Å². The average Bonchev–Trinajstić information content (AvgIpc) is 2.79. The third-order valence-corrected chi connectivity index (χ3v) is 4.37. The molecule has 0 aromatic heterocycles. The van der Waals surface area contributed by atoms with Crippen LogP contribution in [0.25, 0.3) is 6.08 Å². The molecule has 0 spiro atoms. The second kappa shape index (κ2) is 12.2. The zero-order chi connectivity index (χ0) is 21.8. The lowest BCUT2D eigenvalue weighted by Crippen LogP contribution is -1.99. The highest BCUT2D eigenvalue weighted by Gasteiger charge is 2.06. The van der Waals surface area contributed by atoms with Gasteiger partial charge in [-0.2, -0.15) is 0 Å². The van der Waals surface area contributed by atoms with Gasteiger partial charge in [0.1, 0.15) is 0 Å². The molecule has 3 nitrogen and oxygen atoms in total. The molecule has 0 amide bonds. The Labute approximate surface area is 179 Å². The van der Waals surface area contributed by atoms with Crippen molar-refractivity contribution >= 4 is 17.8 Å². The number of hydrogen-bond donors (Lipinski definition) is 0. The van der Waals surface area contributed by atoms with Crippen LogP contribution in [0.3, 0.4) is 0 Å². The van der Waals surface area contributed by atoms with E-state index in [1.807, 2.05) is 72.8 Å². The van der Waals surface area contributed by atoms with Crippen molar-refractivity contribution in [3.63, 3.8) is 0 Å². The Kier molecular flexibility index (Phi) is 9.26. The van der Waals surface area contributed by atoms with Gasteiger partial charge in [0.2, 0.25) is 0 Å². The fraction of sp³-hybridized carbons (Fsp3) is 0.185. The Hall–Kier alpha value is -3.46. The highest BCUT2D eigenvalue weighted by molar-refractivity contribution is 6.08. The van der Waals surface area contributed by atoms with Crippen molar-refractivity contribution < 1.29 is 14.3 Å². The number of ether oxygens (including phenoxy) is 1. The lowest BCUT2D eigenvalue weighted by atomic mass is 10.0. The maximum absolute atomic E-state index is 11.8. The minimum absolute atomic E-state index is 0.0752. The summed E-state index contributed by atoms with van der Waals surface area (Å²) in [6, 6.07) is 26.8. The molecule has 0 atom stereocenters. The lowest BCUT2D eigenvalue weighted by molar-refractivity contribution is -0.137. The van der Waals surface area contributed by atoms with Gasteiger partial charge in [-0.15, -0.1) is 0 Å². The molecule has 0 saturated heterocycles. The molecule has 154 valence electrons. The smallest absolute Gasteiger partial charge is 0.330 e. The van der Waals surface area contributed by atoms with E-state index in [-0.39, 0.29) is 11.8 Å². The quantitative estimate of drug-likeness (QED) is 0.277. The van der Waals surface area contributed by atoms with E-state index in [0.29, 0.717) is 12.5 Å². The zero-order valence-electron chi connectivity index (χ0n) is 17.7. The van der Waals surface area contributed by atoms with Crippen LogP contribution in [-0.2, 0) is 9.53 Å². The van der Waals surface area contributed by atoms with E-state index in [4.69, 9.17) is 4.74 Å². The predicted molar refractivity (Wildman–Crippen MR) is 123 cm³/mol. The first kappa shape index (κ1) is 22.8. The Morgan fingerprint density at radius 2 is 1.30 bits per heavy atom. The third-order valence-electron chi connectivity index (χ3n) is 4.37. The van der Waals surface area contributed by atoms with Crippen molar-refractivity contribution in [2.24, 2.45) is 0 Å². The summed E-state index contributed by atoms with van der Waals surface area (Å²) in [5.41, 5.74) is 3.78. The van der Waals surface area contributed by atoms with Gasteiger partial charge in [-0.05, 0) is 30.0 Å². The minimum Gasteiger partial charge on any atom is -0.463 e. The van der Waals surface area contributed by atoms with Gasteiger partial charge < -0.3 is 4.74 Å². The first-order chi connectivity index (χ1) is 14.5. The van der Waals surface area contributed by atoms with E-state index in [2.05, 4.69) is 26.0 Å². The number of carbonyl (C=O) groups is 2. The van der Waals surface area contributed by atoms with Crippen LogP contribution in [0.2, 0.25) is 0 Å². The van der Waals surface area contributed by atoms with E-state index in [9.17, 15) is 9.59 Å². The standard InChI is InChI=1S/C14H18O2.C13H10O/c1-4-16-14(15)10-7-12-5-8-13(9-6-12)11(2)3;14-13(11-7-3-1-4-8-11)12-9-5-2-6-10-12/h5-11H,4H2,1-3H3;1-10H. The molecule has 0 aliphatic heterocycles. The summed E-state index contributed by atoms with van der Waals surface area (Å²) in [6.45, 7) is 6.52. The molecule has 30 heavy (non-hydrogen) atoms. The van der Waals surface area contributed by atoms with Crippen molar-refractivity contribution in [1.29, 1.82) is 0 Å². The van der Waals surface area contributed by atoms with E-state index < -0.39 is 0 Å². The van der Waals surface area contributed by atoms with Crippen molar-refractivity contribution in [1.82, 2.24) is 0 Å². The molecular weight excluding hydrogens is 372 g/mol. The molecule has 3 aromatic carbocycles. The van der Waals surface area contributed by atoms with Crippen LogP contribution in [0.1, 0.15) is 53.7 Å². The molecule has 0 saturated carbocycles. The highest BCUT2D eigenvalue weighted by Crippen LogP contribution is 2.15. The second-order valence-electron chi connectivity index (χ2n) is 6.97. The molecule has 0 heterocycles. The molecule has 0 aliphatic carbocycles. The molecule has 0 unspecified atom stereocenters. The number of carbonyl (C=O) groups excluding carboxylic acids is 2. The van der Waals surface area contributed by atoms with E-state index in [1.54, 1.807) is 13.0 Å². The number of benzene rings is 3. The van der Waals surface area contributed by atoms with Gasteiger partial charge in [0.15, 0.2) is 5.78 Å². The number of ketones is 1. The van der Waals surface area contributed by atoms with Crippen molar-refractivity contribution in [3.8, 4) is 0 Å². The summed E-state index contributed by atoms with van der Waals surface area (Å²) in [6.07, 6.45) is 3.22. The Bertz CT molecular complexity index is 899. The summed E-state index contributed by atoms with van der Waals surface area (Å²) in [7, 11) is 0. The summed E-state index contributed by atoms with van der Waals surface area (Å²) in [5.74, 6) is 0.310. The first-order valence-electron chi connectivity index (χ1n) is 10.1. The van der Waals surface area contributed by atoms with E-state index in [0.717, 1.165) is 16.7 Å². The maximum Gasteiger partial charge on any atom is 0.330 e. The van der Waals surface area contributed by atoms with Crippen LogP contribution >= 0.6 is 0 Å². The summed E-state index contributed by atoms with van der Waals surface area (Å²) in [5, 5.41) is 0. The number of hydrogen-bond acceptors (Lipinski definition) is 3. The van der Waals surface area contributed by atoms with Crippen molar-refractivity contribution in [2.75, 3.05) is 6.61 Å². The largest absolute Gasteiger partial charge is 0.463 e. The average molecular weight is 401 g/mol. The zero-order valence-corrected chi connectivity index (χ0v) is 17.7. The van der Waals surface area contributed by atoms with Crippen molar-refractivity contribution in [3.05, 3.63) is 113 Å². The second-order valence-corrected chi connectivity index (χ2v) is 6.97. The van der Waals surface area contributed by atoms with E-state index >= 15 is 0 Å². The summed E-state index contributed by atoms with van der Waals surface area (Å²) in [4.78, 5) is 22.9. The Morgan fingerprint density at radius 1 is 0.800 bits per heavy atom. The van der Waals surface area contributed by atoms with Gasteiger partial charge >= 0.3 is 5.97 Å². The van der Waals surface area contributed by atoms with Gasteiger partial charge in [-0.25, -0.2) is 4.79 Å². The van der Waals surface area contributed by atoms with Gasteiger partial charge in [0, 0.05) is 17.2 Å².